The monoisotopic (exact) mass is 778 g/mol. The highest BCUT2D eigenvalue weighted by Gasteiger charge is 2.75. The number of fused-ring (bicyclic) bond motifs is 5. The van der Waals surface area contributed by atoms with E-state index in [0.717, 1.165) is 5.56 Å². The lowest BCUT2D eigenvalue weighted by Gasteiger charge is -2.65. The van der Waals surface area contributed by atoms with Gasteiger partial charge in [0.25, 0.3) is 0 Å². The number of carbonyl (C=O) groups excluding carboxylic acids is 5. The van der Waals surface area contributed by atoms with Crippen molar-refractivity contribution in [2.24, 2.45) is 22.7 Å². The predicted molar refractivity (Wildman–Crippen MR) is 201 cm³/mol. The number of rotatable bonds is 10. The van der Waals surface area contributed by atoms with Gasteiger partial charge in [-0.1, -0.05) is 69.3 Å². The highest BCUT2D eigenvalue weighted by atomic mass is 32.1. The highest BCUT2D eigenvalue weighted by Crippen LogP contribution is 2.63. The van der Waals surface area contributed by atoms with Gasteiger partial charge >= 0.3 is 23.9 Å². The van der Waals surface area contributed by atoms with Gasteiger partial charge in [0.2, 0.25) is 6.10 Å². The van der Waals surface area contributed by atoms with Gasteiger partial charge < -0.3 is 33.9 Å². The van der Waals surface area contributed by atoms with Crippen molar-refractivity contribution in [3.63, 3.8) is 0 Å². The molecule has 0 radical (unpaired) electrons. The minimum Gasteiger partial charge on any atom is -0.458 e. The van der Waals surface area contributed by atoms with Crippen LogP contribution in [0.15, 0.2) is 71.8 Å². The quantitative estimate of drug-likeness (QED) is 0.133. The molecule has 296 valence electrons. The molecule has 1 heterocycles. The smallest absolute Gasteiger partial charge is 0.348 e. The van der Waals surface area contributed by atoms with E-state index in [4.69, 9.17) is 23.7 Å². The molecule has 0 aromatic heterocycles. The number of hydrogen-bond donors (Lipinski definition) is 3. The lowest BCUT2D eigenvalue weighted by atomic mass is 9.46. The van der Waals surface area contributed by atoms with Crippen LogP contribution in [-0.2, 0) is 42.9 Å². The van der Waals surface area contributed by atoms with E-state index < -0.39 is 100 Å². The molecule has 3 fully saturated rings. The van der Waals surface area contributed by atoms with Crippen LogP contribution in [0.1, 0.15) is 82.6 Å². The molecule has 1 aliphatic heterocycles. The molecule has 12 nitrogen and oxygen atoms in total. The number of aliphatic hydroxyl groups excluding tert-OH is 2. The van der Waals surface area contributed by atoms with Gasteiger partial charge in [0, 0.05) is 30.9 Å². The van der Waals surface area contributed by atoms with Crippen molar-refractivity contribution in [3.05, 3.63) is 82.9 Å². The van der Waals surface area contributed by atoms with E-state index in [1.54, 1.807) is 56.3 Å². The third kappa shape index (κ3) is 7.02. The summed E-state index contributed by atoms with van der Waals surface area (Å²) < 4.78 is 30.4. The maximum Gasteiger partial charge on any atom is 0.348 e. The fourth-order valence-corrected chi connectivity index (χ4v) is 9.82. The Balaban J connectivity index is 1.49. The lowest BCUT2D eigenvalue weighted by Crippen LogP contribution is -2.79. The normalized spacial score (nSPS) is 33.3. The van der Waals surface area contributed by atoms with Crippen LogP contribution in [-0.4, -0.2) is 94.5 Å². The number of ether oxygens (including phenoxy) is 5. The molecular formula is C42H50O12S. The van der Waals surface area contributed by atoms with Crippen molar-refractivity contribution >= 4 is 42.3 Å². The van der Waals surface area contributed by atoms with Gasteiger partial charge in [-0.3, -0.25) is 14.4 Å². The zero-order valence-corrected chi connectivity index (χ0v) is 32.8. The van der Waals surface area contributed by atoms with Crippen molar-refractivity contribution in [2.75, 3.05) is 12.4 Å². The summed E-state index contributed by atoms with van der Waals surface area (Å²) >= 11 is 4.14. The molecule has 2 aromatic rings. The third-order valence-electron chi connectivity index (χ3n) is 12.6. The van der Waals surface area contributed by atoms with Gasteiger partial charge in [0.15, 0.2) is 11.4 Å². The molecule has 2 aromatic carbocycles. The molecule has 11 atom stereocenters. The molecule has 4 aliphatic rings. The Morgan fingerprint density at radius 2 is 1.60 bits per heavy atom. The van der Waals surface area contributed by atoms with Gasteiger partial charge in [0.1, 0.15) is 24.4 Å². The maximum atomic E-state index is 14.9. The average Bonchev–Trinajstić information content (AvgIpc) is 3.14. The molecule has 6 rings (SSSR count). The second-order valence-corrected chi connectivity index (χ2v) is 16.5. The van der Waals surface area contributed by atoms with E-state index in [9.17, 15) is 34.2 Å². The number of Topliss-reactive ketones (excluding diaryl/α,β-unsaturated/α-hetero) is 1. The fraction of sp³-hybridized carbons (Fsp3) is 0.548. The topological polar surface area (TPSA) is 172 Å². The van der Waals surface area contributed by atoms with E-state index in [0.29, 0.717) is 5.57 Å². The minimum atomic E-state index is -1.79. The molecule has 0 unspecified atom stereocenters. The predicted octanol–water partition coefficient (Wildman–Crippen LogP) is 4.55. The third-order valence-corrected chi connectivity index (χ3v) is 12.8. The van der Waals surface area contributed by atoms with Gasteiger partial charge in [-0.05, 0) is 54.5 Å². The van der Waals surface area contributed by atoms with E-state index in [-0.39, 0.29) is 42.8 Å². The first-order valence-corrected chi connectivity index (χ1v) is 19.4. The molecule has 2 saturated carbocycles. The highest BCUT2D eigenvalue weighted by molar-refractivity contribution is 7.80. The van der Waals surface area contributed by atoms with Crippen LogP contribution in [0.5, 0.6) is 0 Å². The summed E-state index contributed by atoms with van der Waals surface area (Å²) in [5.74, 6) is -6.03. The summed E-state index contributed by atoms with van der Waals surface area (Å²) in [7, 11) is 0. The standard InChI is InChI=1S/C42H50O12S/c1-22(25-13-9-7-10-14-25)34(52-31(45)17-18-55)39(49)51-28-19-27-35(53-38(48)26-15-11-8-12-16-26)36-41(6,37(47)33(46)32(23(28)2)40(27,4)5)29(44)20-30-42(36,21-50-30)54-24(3)43/h7-16,22,27-30,33-36,44,46,55H,17-21H2,1-6H3/t22-,27+,28-,29-,30+,33+,34+,35+,36-,41+,42-/m0/s1. The molecule has 55 heavy (non-hydrogen) atoms. The Bertz CT molecular complexity index is 1840. The van der Waals surface area contributed by atoms with Gasteiger partial charge in [0.05, 0.1) is 36.0 Å². The average molecular weight is 779 g/mol. The molecule has 2 N–H and O–H groups in total. The van der Waals surface area contributed by atoms with Crippen LogP contribution in [0.4, 0.5) is 0 Å². The van der Waals surface area contributed by atoms with Crippen molar-refractivity contribution in [1.29, 1.82) is 0 Å². The Kier molecular flexibility index (Phi) is 11.4. The molecular weight excluding hydrogens is 729 g/mol. The summed E-state index contributed by atoms with van der Waals surface area (Å²) in [6.07, 6.45) is -7.77. The van der Waals surface area contributed by atoms with Crippen LogP contribution in [0.2, 0.25) is 0 Å². The summed E-state index contributed by atoms with van der Waals surface area (Å²) in [5.41, 5.74) is -2.77. The Morgan fingerprint density at radius 3 is 2.18 bits per heavy atom. The van der Waals surface area contributed by atoms with E-state index in [1.807, 2.05) is 32.0 Å². The zero-order chi connectivity index (χ0) is 40.0. The number of benzene rings is 2. The number of aliphatic hydroxyl groups is 2. The van der Waals surface area contributed by atoms with E-state index in [1.165, 1.54) is 13.8 Å². The number of esters is 4. The van der Waals surface area contributed by atoms with Gasteiger partial charge in [-0.2, -0.15) is 12.6 Å². The Hall–Kier alpha value is -4.04. The largest absolute Gasteiger partial charge is 0.458 e. The summed E-state index contributed by atoms with van der Waals surface area (Å²) in [6.45, 7) is 9.68. The van der Waals surface area contributed by atoms with Crippen molar-refractivity contribution in [1.82, 2.24) is 0 Å². The molecule has 1 saturated heterocycles. The van der Waals surface area contributed by atoms with Crippen molar-refractivity contribution in [3.8, 4) is 0 Å². The van der Waals surface area contributed by atoms with Gasteiger partial charge in [-0.25, -0.2) is 9.59 Å². The van der Waals surface area contributed by atoms with Crippen LogP contribution in [0, 0.1) is 22.7 Å². The van der Waals surface area contributed by atoms with Gasteiger partial charge in [-0.15, -0.1) is 0 Å². The number of ketones is 1. The van der Waals surface area contributed by atoms with E-state index >= 15 is 0 Å². The SMILES string of the molecule is CC(=O)O[C@@]12CO[C@@H]1C[C@H](O)[C@@]1(C)C(=O)[C@H](O)C3=C(C)[C@@H](OC(=O)[C@H](OC(=O)CCS)[C@@H](C)c4ccccc4)C[C@H]([C@@H](OC(=O)c4ccccc4)[C@H]21)C3(C)C. The molecule has 2 bridgehead atoms. The minimum absolute atomic E-state index is 0.0308. The van der Waals surface area contributed by atoms with Crippen LogP contribution in [0.3, 0.4) is 0 Å². The Morgan fingerprint density at radius 1 is 0.964 bits per heavy atom. The first-order chi connectivity index (χ1) is 26.0. The Labute approximate surface area is 326 Å². The van der Waals surface area contributed by atoms with Crippen LogP contribution < -0.4 is 0 Å². The second kappa shape index (κ2) is 15.5. The first-order valence-electron chi connectivity index (χ1n) is 18.7. The summed E-state index contributed by atoms with van der Waals surface area (Å²) in [6, 6.07) is 17.3. The van der Waals surface area contributed by atoms with Crippen molar-refractivity contribution in [2.45, 2.75) is 109 Å². The lowest BCUT2D eigenvalue weighted by molar-refractivity contribution is -0.335. The summed E-state index contributed by atoms with van der Waals surface area (Å²) in [5, 5.41) is 24.0. The van der Waals surface area contributed by atoms with Crippen LogP contribution >= 0.6 is 12.6 Å². The number of thiol groups is 1. The molecule has 3 aliphatic carbocycles. The number of carbonyl (C=O) groups is 5. The molecule has 0 spiro atoms. The number of hydrogen-bond acceptors (Lipinski definition) is 13. The van der Waals surface area contributed by atoms with Crippen molar-refractivity contribution < 1.29 is 57.9 Å². The van der Waals surface area contributed by atoms with E-state index in [2.05, 4.69) is 12.6 Å². The summed E-state index contributed by atoms with van der Waals surface area (Å²) in [4.78, 5) is 68.9. The zero-order valence-electron chi connectivity index (χ0n) is 31.9. The first kappa shape index (κ1) is 40.6. The molecule has 13 heteroatoms. The maximum absolute atomic E-state index is 14.9. The van der Waals surface area contributed by atoms with Crippen LogP contribution in [0.25, 0.3) is 0 Å². The molecule has 0 amide bonds. The fourth-order valence-electron chi connectivity index (χ4n) is 9.64. The second-order valence-electron chi connectivity index (χ2n) is 16.0.